The van der Waals surface area contributed by atoms with E-state index in [1.807, 2.05) is 30.3 Å². The van der Waals surface area contributed by atoms with Gasteiger partial charge in [-0.15, -0.1) is 0 Å². The minimum atomic E-state index is -0.465. The predicted molar refractivity (Wildman–Crippen MR) is 111 cm³/mol. The zero-order valence-corrected chi connectivity index (χ0v) is 15.8. The molecular weight excluding hydrogens is 374 g/mol. The van der Waals surface area contributed by atoms with Gasteiger partial charge in [0, 0.05) is 6.54 Å². The maximum Gasteiger partial charge on any atom is 0.293 e. The molecule has 0 fully saturated rings. The lowest BCUT2D eigenvalue weighted by molar-refractivity contribution is 0.0945. The van der Waals surface area contributed by atoms with Gasteiger partial charge in [0.25, 0.3) is 11.8 Å². The second-order valence-corrected chi connectivity index (χ2v) is 6.33. The second kappa shape index (κ2) is 9.48. The van der Waals surface area contributed by atoms with E-state index in [2.05, 4.69) is 16.0 Å². The summed E-state index contributed by atoms with van der Waals surface area (Å²) in [6, 6.07) is 20.0. The van der Waals surface area contributed by atoms with Crippen LogP contribution in [-0.2, 0) is 6.42 Å². The highest BCUT2D eigenvalue weighted by atomic mass is 32.1. The van der Waals surface area contributed by atoms with Crippen LogP contribution in [0.3, 0.4) is 0 Å². The Kier molecular flexibility index (Phi) is 6.54. The molecule has 0 atom stereocenters. The van der Waals surface area contributed by atoms with Crippen molar-refractivity contribution in [3.8, 4) is 0 Å². The summed E-state index contributed by atoms with van der Waals surface area (Å²) in [6.45, 7) is 0.511. The summed E-state index contributed by atoms with van der Waals surface area (Å²) in [6.07, 6.45) is 2.14. The molecule has 0 saturated carbocycles. The molecule has 3 N–H and O–H groups in total. The van der Waals surface area contributed by atoms with Gasteiger partial charge in [-0.1, -0.05) is 42.5 Å². The summed E-state index contributed by atoms with van der Waals surface area (Å²) in [5, 5.41) is 8.38. The minimum absolute atomic E-state index is 0.0749. The highest BCUT2D eigenvalue weighted by molar-refractivity contribution is 7.80. The number of amides is 2. The summed E-state index contributed by atoms with van der Waals surface area (Å²) in [5.74, 6) is -0.539. The van der Waals surface area contributed by atoms with Gasteiger partial charge >= 0.3 is 0 Å². The van der Waals surface area contributed by atoms with Crippen molar-refractivity contribution in [2.24, 2.45) is 0 Å². The topological polar surface area (TPSA) is 83.4 Å². The monoisotopic (exact) mass is 393 g/mol. The number of carbonyl (C=O) groups excluding carboxylic acids is 2. The minimum Gasteiger partial charge on any atom is -0.459 e. The van der Waals surface area contributed by atoms with Crippen LogP contribution in [0.2, 0.25) is 0 Å². The average Bonchev–Trinajstić information content (AvgIpc) is 3.24. The molecule has 28 heavy (non-hydrogen) atoms. The van der Waals surface area contributed by atoms with Crippen molar-refractivity contribution in [2.75, 3.05) is 11.9 Å². The van der Waals surface area contributed by atoms with E-state index in [9.17, 15) is 9.59 Å². The Balaban J connectivity index is 1.58. The van der Waals surface area contributed by atoms with E-state index in [-0.39, 0.29) is 16.8 Å². The van der Waals surface area contributed by atoms with Gasteiger partial charge in [-0.3, -0.25) is 14.9 Å². The van der Waals surface area contributed by atoms with E-state index >= 15 is 0 Å². The molecule has 0 saturated heterocycles. The zero-order valence-electron chi connectivity index (χ0n) is 15.0. The molecule has 0 radical (unpaired) electrons. The Labute approximate surface area is 167 Å². The molecule has 142 valence electrons. The van der Waals surface area contributed by atoms with Crippen LogP contribution in [0.4, 0.5) is 5.69 Å². The number of benzene rings is 2. The summed E-state index contributed by atoms with van der Waals surface area (Å²) >= 11 is 5.17. The van der Waals surface area contributed by atoms with E-state index in [1.165, 1.54) is 12.3 Å². The van der Waals surface area contributed by atoms with Crippen molar-refractivity contribution in [1.29, 1.82) is 0 Å². The molecule has 2 amide bonds. The highest BCUT2D eigenvalue weighted by Gasteiger charge is 2.14. The first-order chi connectivity index (χ1) is 13.6. The van der Waals surface area contributed by atoms with Crippen molar-refractivity contribution < 1.29 is 14.0 Å². The molecule has 1 aromatic heterocycles. The molecule has 2 aromatic carbocycles. The molecule has 0 spiro atoms. The number of para-hydroxylation sites is 1. The summed E-state index contributed by atoms with van der Waals surface area (Å²) in [7, 11) is 0. The predicted octanol–water partition coefficient (Wildman–Crippen LogP) is 3.38. The van der Waals surface area contributed by atoms with Crippen LogP contribution in [-0.4, -0.2) is 23.5 Å². The third kappa shape index (κ3) is 5.28. The third-order valence-corrected chi connectivity index (χ3v) is 4.14. The smallest absolute Gasteiger partial charge is 0.293 e. The molecular formula is C21H19N3O3S. The molecule has 3 rings (SSSR count). The van der Waals surface area contributed by atoms with Crippen LogP contribution in [0.5, 0.6) is 0 Å². The Morgan fingerprint density at radius 2 is 1.64 bits per heavy atom. The van der Waals surface area contributed by atoms with Gasteiger partial charge in [0.2, 0.25) is 0 Å². The van der Waals surface area contributed by atoms with Crippen molar-refractivity contribution in [3.63, 3.8) is 0 Å². The van der Waals surface area contributed by atoms with E-state index in [4.69, 9.17) is 16.6 Å². The fourth-order valence-electron chi connectivity index (χ4n) is 2.58. The average molecular weight is 393 g/mol. The van der Waals surface area contributed by atoms with Crippen LogP contribution < -0.4 is 16.0 Å². The molecule has 7 heteroatoms. The Morgan fingerprint density at radius 1 is 0.893 bits per heavy atom. The first kappa shape index (κ1) is 19.3. The molecule has 0 unspecified atom stereocenters. The molecule has 0 aliphatic rings. The van der Waals surface area contributed by atoms with Crippen molar-refractivity contribution in [2.45, 2.75) is 6.42 Å². The SMILES string of the molecule is O=C(NC(=S)Nc1ccccc1C(=O)NCCc1ccccc1)c1ccco1. The van der Waals surface area contributed by atoms with Crippen molar-refractivity contribution in [1.82, 2.24) is 10.6 Å². The Morgan fingerprint density at radius 3 is 2.39 bits per heavy atom. The van der Waals surface area contributed by atoms with Crippen molar-refractivity contribution in [3.05, 3.63) is 89.9 Å². The lowest BCUT2D eigenvalue weighted by Gasteiger charge is -2.13. The Hall–Kier alpha value is -3.45. The van der Waals surface area contributed by atoms with Gasteiger partial charge in [-0.25, -0.2) is 0 Å². The van der Waals surface area contributed by atoms with Crippen LogP contribution in [0.25, 0.3) is 0 Å². The van der Waals surface area contributed by atoms with E-state index in [0.717, 1.165) is 12.0 Å². The van der Waals surface area contributed by atoms with Gasteiger partial charge in [0.15, 0.2) is 10.9 Å². The van der Waals surface area contributed by atoms with Crippen LogP contribution in [0.15, 0.2) is 77.4 Å². The number of hydrogen-bond acceptors (Lipinski definition) is 4. The second-order valence-electron chi connectivity index (χ2n) is 5.92. The fourth-order valence-corrected chi connectivity index (χ4v) is 2.78. The maximum absolute atomic E-state index is 12.5. The first-order valence-electron chi connectivity index (χ1n) is 8.70. The van der Waals surface area contributed by atoms with Gasteiger partial charge in [-0.2, -0.15) is 0 Å². The number of hydrogen-bond donors (Lipinski definition) is 3. The summed E-state index contributed by atoms with van der Waals surface area (Å²) in [5.41, 5.74) is 2.09. The van der Waals surface area contributed by atoms with Gasteiger partial charge in [0.1, 0.15) is 0 Å². The molecule has 1 heterocycles. The largest absolute Gasteiger partial charge is 0.459 e. The van der Waals surface area contributed by atoms with Gasteiger partial charge in [-0.05, 0) is 48.5 Å². The number of thiocarbonyl (C=S) groups is 1. The third-order valence-electron chi connectivity index (χ3n) is 3.93. The fraction of sp³-hybridized carbons (Fsp3) is 0.0952. The number of furan rings is 1. The lowest BCUT2D eigenvalue weighted by Crippen LogP contribution is -2.35. The maximum atomic E-state index is 12.5. The summed E-state index contributed by atoms with van der Waals surface area (Å²) < 4.78 is 5.03. The van der Waals surface area contributed by atoms with E-state index < -0.39 is 5.91 Å². The van der Waals surface area contributed by atoms with Crippen molar-refractivity contribution >= 4 is 34.8 Å². The molecule has 0 aliphatic heterocycles. The number of rotatable bonds is 6. The first-order valence-corrected chi connectivity index (χ1v) is 9.11. The number of anilines is 1. The standard InChI is InChI=1S/C21H19N3O3S/c25-19(22-13-12-15-7-2-1-3-8-15)16-9-4-5-10-17(16)23-21(28)24-20(26)18-11-6-14-27-18/h1-11,14H,12-13H2,(H,22,25)(H2,23,24,26,28). The number of carbonyl (C=O) groups is 2. The number of nitrogens with one attached hydrogen (secondary N) is 3. The lowest BCUT2D eigenvalue weighted by atomic mass is 10.1. The normalized spacial score (nSPS) is 10.1. The van der Waals surface area contributed by atoms with E-state index in [1.54, 1.807) is 30.3 Å². The molecule has 6 nitrogen and oxygen atoms in total. The van der Waals surface area contributed by atoms with Gasteiger partial charge in [0.05, 0.1) is 17.5 Å². The van der Waals surface area contributed by atoms with E-state index in [0.29, 0.717) is 17.8 Å². The van der Waals surface area contributed by atoms with Crippen LogP contribution >= 0.6 is 12.2 Å². The molecule has 3 aromatic rings. The molecule has 0 bridgehead atoms. The highest BCUT2D eigenvalue weighted by Crippen LogP contribution is 2.15. The molecule has 0 aliphatic carbocycles. The van der Waals surface area contributed by atoms with Crippen LogP contribution in [0.1, 0.15) is 26.5 Å². The van der Waals surface area contributed by atoms with Crippen LogP contribution in [0, 0.1) is 0 Å². The summed E-state index contributed by atoms with van der Waals surface area (Å²) in [4.78, 5) is 24.5. The Bertz CT molecular complexity index is 956. The quantitative estimate of drug-likeness (QED) is 0.559. The zero-order chi connectivity index (χ0) is 19.8. The van der Waals surface area contributed by atoms with Gasteiger partial charge < -0.3 is 15.1 Å².